The maximum absolute atomic E-state index is 13.5. The quantitative estimate of drug-likeness (QED) is 0.867. The smallest absolute Gasteiger partial charge is 0.130 e. The number of hydrogen-bond donors (Lipinski definition) is 1. The molecule has 0 atom stereocenters. The van der Waals surface area contributed by atoms with E-state index >= 15 is 0 Å². The van der Waals surface area contributed by atoms with Gasteiger partial charge in [-0.3, -0.25) is 4.90 Å². The lowest BCUT2D eigenvalue weighted by Gasteiger charge is -2.52. The van der Waals surface area contributed by atoms with Crippen LogP contribution in [0.4, 0.5) is 8.78 Å². The summed E-state index contributed by atoms with van der Waals surface area (Å²) in [5.74, 6) is -0.939. The molecule has 2 fully saturated rings. The first kappa shape index (κ1) is 12.1. The van der Waals surface area contributed by atoms with Crippen LogP contribution in [-0.4, -0.2) is 31.1 Å². The van der Waals surface area contributed by atoms with Crippen molar-refractivity contribution in [2.24, 2.45) is 5.41 Å². The van der Waals surface area contributed by atoms with E-state index in [9.17, 15) is 8.78 Å². The van der Waals surface area contributed by atoms with Gasteiger partial charge in [0.15, 0.2) is 0 Å². The van der Waals surface area contributed by atoms with E-state index in [4.69, 9.17) is 0 Å². The van der Waals surface area contributed by atoms with Crippen LogP contribution in [0.1, 0.15) is 18.4 Å². The summed E-state index contributed by atoms with van der Waals surface area (Å²) in [4.78, 5) is 2.24. The van der Waals surface area contributed by atoms with Gasteiger partial charge in [0.1, 0.15) is 11.6 Å². The Labute approximate surface area is 106 Å². The topological polar surface area (TPSA) is 15.3 Å². The number of nitrogens with zero attached hydrogens (tertiary/aromatic N) is 1. The van der Waals surface area contributed by atoms with Crippen molar-refractivity contribution >= 4 is 0 Å². The SMILES string of the molecule is Fc1ccc(CN2CC3(CCCNC3)C2)c(F)c1. The third kappa shape index (κ3) is 2.27. The molecular weight excluding hydrogens is 234 g/mol. The molecule has 1 spiro atoms. The molecule has 0 radical (unpaired) electrons. The van der Waals surface area contributed by atoms with Crippen LogP contribution in [0.3, 0.4) is 0 Å². The molecule has 0 saturated carbocycles. The number of likely N-dealkylation sites (tertiary alicyclic amines) is 1. The highest BCUT2D eigenvalue weighted by Crippen LogP contribution is 2.37. The largest absolute Gasteiger partial charge is 0.316 e. The number of piperidine rings is 1. The average molecular weight is 252 g/mol. The molecule has 0 unspecified atom stereocenters. The number of nitrogens with one attached hydrogen (secondary N) is 1. The summed E-state index contributed by atoms with van der Waals surface area (Å²) in [5, 5.41) is 3.43. The number of hydrogen-bond acceptors (Lipinski definition) is 2. The van der Waals surface area contributed by atoms with Crippen LogP contribution in [0, 0.1) is 17.0 Å². The molecule has 1 aromatic carbocycles. The number of rotatable bonds is 2. The van der Waals surface area contributed by atoms with Crippen molar-refractivity contribution in [2.75, 3.05) is 26.2 Å². The molecule has 2 aliphatic rings. The second-order valence-corrected chi connectivity index (χ2v) is 5.66. The van der Waals surface area contributed by atoms with Gasteiger partial charge >= 0.3 is 0 Å². The van der Waals surface area contributed by atoms with Gasteiger partial charge in [-0.05, 0) is 25.5 Å². The van der Waals surface area contributed by atoms with E-state index in [-0.39, 0.29) is 0 Å². The molecule has 1 aromatic rings. The van der Waals surface area contributed by atoms with Crippen LogP contribution in [0.25, 0.3) is 0 Å². The molecule has 0 bridgehead atoms. The van der Waals surface area contributed by atoms with Gasteiger partial charge in [-0.2, -0.15) is 0 Å². The summed E-state index contributed by atoms with van der Waals surface area (Å²) in [6, 6.07) is 3.85. The van der Waals surface area contributed by atoms with Crippen LogP contribution < -0.4 is 5.32 Å². The maximum atomic E-state index is 13.5. The summed E-state index contributed by atoms with van der Waals surface area (Å²) in [6.07, 6.45) is 2.50. The van der Waals surface area contributed by atoms with Gasteiger partial charge in [-0.1, -0.05) is 6.07 Å². The molecule has 1 N–H and O–H groups in total. The van der Waals surface area contributed by atoms with Crippen molar-refractivity contribution in [3.63, 3.8) is 0 Å². The molecule has 98 valence electrons. The molecular formula is C14H18F2N2. The summed E-state index contributed by atoms with van der Waals surface area (Å²) in [5.41, 5.74) is 1.00. The van der Waals surface area contributed by atoms with Crippen LogP contribution in [0.15, 0.2) is 18.2 Å². The van der Waals surface area contributed by atoms with E-state index in [2.05, 4.69) is 10.2 Å². The zero-order valence-electron chi connectivity index (χ0n) is 10.4. The Morgan fingerprint density at radius 1 is 1.28 bits per heavy atom. The van der Waals surface area contributed by atoms with Crippen LogP contribution in [-0.2, 0) is 6.54 Å². The number of benzene rings is 1. The van der Waals surface area contributed by atoms with E-state index in [1.807, 2.05) is 0 Å². The number of halogens is 2. The molecule has 2 saturated heterocycles. The van der Waals surface area contributed by atoms with Gasteiger partial charge < -0.3 is 5.32 Å². The van der Waals surface area contributed by atoms with Crippen molar-refractivity contribution in [1.82, 2.24) is 10.2 Å². The van der Waals surface area contributed by atoms with E-state index in [1.54, 1.807) is 6.07 Å². The summed E-state index contributed by atoms with van der Waals surface area (Å²) >= 11 is 0. The van der Waals surface area contributed by atoms with E-state index in [1.165, 1.54) is 18.9 Å². The minimum absolute atomic E-state index is 0.411. The molecule has 4 heteroatoms. The van der Waals surface area contributed by atoms with Gasteiger partial charge in [-0.15, -0.1) is 0 Å². The summed E-state index contributed by atoms with van der Waals surface area (Å²) < 4.78 is 26.3. The summed E-state index contributed by atoms with van der Waals surface area (Å²) in [7, 11) is 0. The van der Waals surface area contributed by atoms with Gasteiger partial charge in [0, 0.05) is 43.2 Å². The molecule has 3 rings (SSSR count). The first-order chi connectivity index (χ1) is 8.67. The predicted molar refractivity (Wildman–Crippen MR) is 66.2 cm³/mol. The van der Waals surface area contributed by atoms with E-state index in [0.717, 1.165) is 32.2 Å². The standard InChI is InChI=1S/C14H18F2N2/c15-12-3-2-11(13(16)6-12)7-18-9-14(10-18)4-1-5-17-8-14/h2-3,6,17H,1,4-5,7-10H2. The van der Waals surface area contributed by atoms with Crippen molar-refractivity contribution < 1.29 is 8.78 Å². The van der Waals surface area contributed by atoms with Crippen LogP contribution in [0.5, 0.6) is 0 Å². The third-order valence-electron chi connectivity index (χ3n) is 4.09. The van der Waals surface area contributed by atoms with Crippen molar-refractivity contribution in [2.45, 2.75) is 19.4 Å². The Bertz CT molecular complexity index is 433. The van der Waals surface area contributed by atoms with Gasteiger partial charge in [0.25, 0.3) is 0 Å². The highest BCUT2D eigenvalue weighted by molar-refractivity contribution is 5.19. The molecule has 2 heterocycles. The second-order valence-electron chi connectivity index (χ2n) is 5.66. The zero-order valence-corrected chi connectivity index (χ0v) is 10.4. The Balaban J connectivity index is 1.59. The molecule has 0 amide bonds. The Morgan fingerprint density at radius 3 is 2.78 bits per heavy atom. The molecule has 2 aliphatic heterocycles. The fourth-order valence-electron chi connectivity index (χ4n) is 3.21. The van der Waals surface area contributed by atoms with Crippen molar-refractivity contribution in [1.29, 1.82) is 0 Å². The Kier molecular flexibility index (Phi) is 3.08. The first-order valence-corrected chi connectivity index (χ1v) is 6.54. The third-order valence-corrected chi connectivity index (χ3v) is 4.09. The van der Waals surface area contributed by atoms with E-state index in [0.29, 0.717) is 17.5 Å². The van der Waals surface area contributed by atoms with Crippen LogP contribution in [0.2, 0.25) is 0 Å². The normalized spacial score (nSPS) is 23.0. The Morgan fingerprint density at radius 2 is 2.11 bits per heavy atom. The predicted octanol–water partition coefficient (Wildman–Crippen LogP) is 2.15. The average Bonchev–Trinajstić information content (AvgIpc) is 2.32. The highest BCUT2D eigenvalue weighted by Gasteiger charge is 2.43. The van der Waals surface area contributed by atoms with Gasteiger partial charge in [0.05, 0.1) is 0 Å². The molecule has 2 nitrogen and oxygen atoms in total. The van der Waals surface area contributed by atoms with E-state index < -0.39 is 11.6 Å². The lowest BCUT2D eigenvalue weighted by molar-refractivity contribution is -0.0235. The van der Waals surface area contributed by atoms with Crippen molar-refractivity contribution in [3.8, 4) is 0 Å². The zero-order chi connectivity index (χ0) is 12.6. The fourth-order valence-corrected chi connectivity index (χ4v) is 3.21. The minimum Gasteiger partial charge on any atom is -0.316 e. The molecule has 0 aromatic heterocycles. The van der Waals surface area contributed by atoms with Crippen molar-refractivity contribution in [3.05, 3.63) is 35.4 Å². The lowest BCUT2D eigenvalue weighted by Crippen LogP contribution is -2.61. The van der Waals surface area contributed by atoms with Gasteiger partial charge in [0.2, 0.25) is 0 Å². The molecule has 0 aliphatic carbocycles. The summed E-state index contributed by atoms with van der Waals surface area (Å²) in [6.45, 7) is 4.84. The maximum Gasteiger partial charge on any atom is 0.130 e. The van der Waals surface area contributed by atoms with Crippen LogP contribution >= 0.6 is 0 Å². The monoisotopic (exact) mass is 252 g/mol. The first-order valence-electron chi connectivity index (χ1n) is 6.54. The second kappa shape index (κ2) is 4.59. The Hall–Kier alpha value is -1.00. The lowest BCUT2D eigenvalue weighted by atomic mass is 9.74. The minimum atomic E-state index is -0.507. The fraction of sp³-hybridized carbons (Fsp3) is 0.571. The molecule has 18 heavy (non-hydrogen) atoms. The highest BCUT2D eigenvalue weighted by atomic mass is 19.1. The van der Waals surface area contributed by atoms with Gasteiger partial charge in [-0.25, -0.2) is 8.78 Å².